The van der Waals surface area contributed by atoms with Gasteiger partial charge < -0.3 is 9.88 Å². The van der Waals surface area contributed by atoms with Crippen LogP contribution in [0.5, 0.6) is 0 Å². The molecule has 1 N–H and O–H groups in total. The Hall–Kier alpha value is -2.56. The average Bonchev–Trinajstić information content (AvgIpc) is 3.13. The van der Waals surface area contributed by atoms with Gasteiger partial charge in [-0.1, -0.05) is 53.5 Å². The van der Waals surface area contributed by atoms with Crippen molar-refractivity contribution >= 4 is 35.2 Å². The third-order valence-electron chi connectivity index (χ3n) is 3.78. The lowest BCUT2D eigenvalue weighted by Crippen LogP contribution is -2.20. The van der Waals surface area contributed by atoms with E-state index in [0.29, 0.717) is 22.2 Å². The van der Waals surface area contributed by atoms with Gasteiger partial charge in [-0.15, -0.1) is 0 Å². The van der Waals surface area contributed by atoms with Crippen LogP contribution in [-0.4, -0.2) is 15.5 Å². The molecule has 3 rings (SSSR count). The van der Waals surface area contributed by atoms with Crippen LogP contribution in [0.25, 0.3) is 6.08 Å². The normalized spacial score (nSPS) is 11.0. The van der Waals surface area contributed by atoms with Crippen molar-refractivity contribution in [3.05, 3.63) is 94.0 Å². The maximum Gasteiger partial charge on any atom is 0.244 e. The van der Waals surface area contributed by atoms with Crippen molar-refractivity contribution in [2.75, 3.05) is 0 Å². The molecule has 4 nitrogen and oxygen atoms in total. The van der Waals surface area contributed by atoms with Gasteiger partial charge in [0, 0.05) is 47.2 Å². The SMILES string of the molecule is O=C(/C=C/c1c(Cl)cccc1Cl)NCc1cccc(Cn2ccnc2)c1. The van der Waals surface area contributed by atoms with E-state index in [9.17, 15) is 4.79 Å². The van der Waals surface area contributed by atoms with Crippen molar-refractivity contribution in [3.63, 3.8) is 0 Å². The van der Waals surface area contributed by atoms with Crippen LogP contribution in [0.15, 0.2) is 67.3 Å². The number of hydrogen-bond donors (Lipinski definition) is 1. The van der Waals surface area contributed by atoms with Crippen molar-refractivity contribution in [1.82, 2.24) is 14.9 Å². The van der Waals surface area contributed by atoms with Gasteiger partial charge in [-0.25, -0.2) is 4.98 Å². The van der Waals surface area contributed by atoms with Crippen LogP contribution >= 0.6 is 23.2 Å². The molecule has 132 valence electrons. The van der Waals surface area contributed by atoms with Gasteiger partial charge in [-0.3, -0.25) is 4.79 Å². The minimum Gasteiger partial charge on any atom is -0.348 e. The summed E-state index contributed by atoms with van der Waals surface area (Å²) in [5.41, 5.74) is 2.81. The number of aromatic nitrogens is 2. The molecule has 0 aliphatic rings. The third-order valence-corrected chi connectivity index (χ3v) is 4.44. The van der Waals surface area contributed by atoms with Gasteiger partial charge in [0.15, 0.2) is 0 Å². The number of benzene rings is 2. The number of carbonyl (C=O) groups excluding carboxylic acids is 1. The summed E-state index contributed by atoms with van der Waals surface area (Å²) in [5, 5.41) is 3.88. The topological polar surface area (TPSA) is 46.9 Å². The maximum absolute atomic E-state index is 12.1. The lowest BCUT2D eigenvalue weighted by Gasteiger charge is -2.07. The molecule has 0 bridgehead atoms. The van der Waals surface area contributed by atoms with Gasteiger partial charge in [0.2, 0.25) is 5.91 Å². The second kappa shape index (κ2) is 8.70. The van der Waals surface area contributed by atoms with Gasteiger partial charge in [0.1, 0.15) is 0 Å². The fraction of sp³-hybridized carbons (Fsp3) is 0.100. The Kier molecular flexibility index (Phi) is 6.10. The molecule has 0 aliphatic heterocycles. The molecule has 1 heterocycles. The highest BCUT2D eigenvalue weighted by molar-refractivity contribution is 6.37. The van der Waals surface area contributed by atoms with E-state index in [-0.39, 0.29) is 5.91 Å². The van der Waals surface area contributed by atoms with Gasteiger partial charge in [-0.05, 0) is 29.3 Å². The number of carbonyl (C=O) groups is 1. The molecule has 2 aromatic carbocycles. The molecule has 26 heavy (non-hydrogen) atoms. The van der Waals surface area contributed by atoms with Crippen LogP contribution < -0.4 is 5.32 Å². The minimum atomic E-state index is -0.207. The van der Waals surface area contributed by atoms with Crippen molar-refractivity contribution in [2.45, 2.75) is 13.1 Å². The Bertz CT molecular complexity index is 900. The zero-order chi connectivity index (χ0) is 18.4. The number of hydrogen-bond acceptors (Lipinski definition) is 2. The number of halogens is 2. The second-order valence-corrected chi connectivity index (χ2v) is 6.56. The van der Waals surface area contributed by atoms with Crippen molar-refractivity contribution in [1.29, 1.82) is 0 Å². The lowest BCUT2D eigenvalue weighted by atomic mass is 10.1. The zero-order valence-electron chi connectivity index (χ0n) is 13.9. The highest BCUT2D eigenvalue weighted by Gasteiger charge is 2.03. The first-order chi connectivity index (χ1) is 12.6. The average molecular weight is 386 g/mol. The van der Waals surface area contributed by atoms with E-state index >= 15 is 0 Å². The first kappa shape index (κ1) is 18.2. The molecule has 0 unspecified atom stereocenters. The van der Waals surface area contributed by atoms with E-state index in [1.807, 2.05) is 29.0 Å². The molecule has 6 heteroatoms. The Morgan fingerprint density at radius 2 is 1.85 bits per heavy atom. The molecule has 0 radical (unpaired) electrons. The summed E-state index contributed by atoms with van der Waals surface area (Å²) in [6.07, 6.45) is 8.50. The summed E-state index contributed by atoms with van der Waals surface area (Å²) in [6, 6.07) is 13.3. The summed E-state index contributed by atoms with van der Waals surface area (Å²) in [4.78, 5) is 16.1. The highest BCUT2D eigenvalue weighted by Crippen LogP contribution is 2.25. The second-order valence-electron chi connectivity index (χ2n) is 5.74. The van der Waals surface area contributed by atoms with Crippen LogP contribution in [0.3, 0.4) is 0 Å². The Morgan fingerprint density at radius 1 is 1.12 bits per heavy atom. The van der Waals surface area contributed by atoms with Gasteiger partial charge >= 0.3 is 0 Å². The summed E-state index contributed by atoms with van der Waals surface area (Å²) in [7, 11) is 0. The zero-order valence-corrected chi connectivity index (χ0v) is 15.4. The fourth-order valence-electron chi connectivity index (χ4n) is 2.51. The van der Waals surface area contributed by atoms with Crippen molar-refractivity contribution < 1.29 is 4.79 Å². The predicted octanol–water partition coefficient (Wildman–Crippen LogP) is 4.57. The van der Waals surface area contributed by atoms with Crippen LogP contribution in [0.1, 0.15) is 16.7 Å². The highest BCUT2D eigenvalue weighted by atomic mass is 35.5. The van der Waals surface area contributed by atoms with Crippen molar-refractivity contribution in [2.24, 2.45) is 0 Å². The number of amides is 1. The molecular formula is C20H17Cl2N3O. The summed E-state index contributed by atoms with van der Waals surface area (Å²) in [6.45, 7) is 1.18. The van der Waals surface area contributed by atoms with Gasteiger partial charge in [0.25, 0.3) is 0 Å². The molecule has 1 amide bonds. The fourth-order valence-corrected chi connectivity index (χ4v) is 3.03. The van der Waals surface area contributed by atoms with Crippen LogP contribution in [0.4, 0.5) is 0 Å². The smallest absolute Gasteiger partial charge is 0.244 e. The van der Waals surface area contributed by atoms with Gasteiger partial charge in [-0.2, -0.15) is 0 Å². The Morgan fingerprint density at radius 3 is 2.58 bits per heavy atom. The molecule has 0 saturated heterocycles. The molecular weight excluding hydrogens is 369 g/mol. The number of rotatable bonds is 6. The van der Waals surface area contributed by atoms with E-state index in [4.69, 9.17) is 23.2 Å². The quantitative estimate of drug-likeness (QED) is 0.631. The van der Waals surface area contributed by atoms with E-state index in [1.54, 1.807) is 36.8 Å². The van der Waals surface area contributed by atoms with Crippen molar-refractivity contribution in [3.8, 4) is 0 Å². The van der Waals surface area contributed by atoms with E-state index in [0.717, 1.165) is 17.7 Å². The molecule has 1 aromatic heterocycles. The molecule has 0 aliphatic carbocycles. The molecule has 0 saturated carbocycles. The molecule has 3 aromatic rings. The first-order valence-corrected chi connectivity index (χ1v) is 8.81. The summed E-state index contributed by atoms with van der Waals surface area (Å²) in [5.74, 6) is -0.207. The van der Waals surface area contributed by atoms with Crippen LogP contribution in [-0.2, 0) is 17.9 Å². The van der Waals surface area contributed by atoms with E-state index < -0.39 is 0 Å². The number of nitrogens with one attached hydrogen (secondary N) is 1. The minimum absolute atomic E-state index is 0.207. The summed E-state index contributed by atoms with van der Waals surface area (Å²) >= 11 is 12.2. The molecule has 0 atom stereocenters. The predicted molar refractivity (Wildman–Crippen MR) is 105 cm³/mol. The Labute approximate surface area is 162 Å². The molecule has 0 fully saturated rings. The number of imidazole rings is 1. The largest absolute Gasteiger partial charge is 0.348 e. The summed E-state index contributed by atoms with van der Waals surface area (Å²) < 4.78 is 1.99. The maximum atomic E-state index is 12.1. The first-order valence-electron chi connectivity index (χ1n) is 8.05. The lowest BCUT2D eigenvalue weighted by molar-refractivity contribution is -0.116. The van der Waals surface area contributed by atoms with Gasteiger partial charge in [0.05, 0.1) is 6.33 Å². The number of nitrogens with zero attached hydrogens (tertiary/aromatic N) is 2. The third kappa shape index (κ3) is 4.97. The molecule has 0 spiro atoms. The standard InChI is InChI=1S/C20H17Cl2N3O/c21-18-5-2-6-19(22)17(18)7-8-20(26)24-12-15-3-1-4-16(11-15)13-25-10-9-23-14-25/h1-11,14H,12-13H2,(H,24,26)/b8-7+. The monoisotopic (exact) mass is 385 g/mol. The van der Waals surface area contributed by atoms with E-state index in [2.05, 4.69) is 16.4 Å². The van der Waals surface area contributed by atoms with E-state index in [1.165, 1.54) is 6.08 Å². The van der Waals surface area contributed by atoms with Crippen LogP contribution in [0, 0.1) is 0 Å². The Balaban J connectivity index is 1.58. The van der Waals surface area contributed by atoms with Crippen LogP contribution in [0.2, 0.25) is 10.0 Å².